The van der Waals surface area contributed by atoms with Crippen LogP contribution in [0, 0.1) is 0 Å². The van der Waals surface area contributed by atoms with E-state index in [1.807, 2.05) is 0 Å². The summed E-state index contributed by atoms with van der Waals surface area (Å²) in [6, 6.07) is 0. The van der Waals surface area contributed by atoms with Gasteiger partial charge in [-0.05, 0) is 34.0 Å². The van der Waals surface area contributed by atoms with Crippen molar-refractivity contribution < 1.29 is 4.74 Å². The van der Waals surface area contributed by atoms with Gasteiger partial charge in [-0.25, -0.2) is 4.98 Å². The van der Waals surface area contributed by atoms with Crippen molar-refractivity contribution in [1.82, 2.24) is 9.97 Å². The van der Waals surface area contributed by atoms with Gasteiger partial charge in [0.25, 0.3) is 0 Å². The molecule has 0 N–H and O–H groups in total. The average molecular weight is 266 g/mol. The van der Waals surface area contributed by atoms with Crippen LogP contribution < -0.4 is 4.74 Å². The molecular formula is C8H10BrClN2O. The molecule has 0 unspecified atom stereocenters. The molecule has 0 saturated heterocycles. The Balaban J connectivity index is 2.59. The fraction of sp³-hybridized carbons (Fsp3) is 0.500. The topological polar surface area (TPSA) is 35.0 Å². The van der Waals surface area contributed by atoms with E-state index in [0.717, 1.165) is 17.3 Å². The Morgan fingerprint density at radius 1 is 1.62 bits per heavy atom. The highest BCUT2D eigenvalue weighted by atomic mass is 79.9. The summed E-state index contributed by atoms with van der Waals surface area (Å²) in [6.45, 7) is 2.76. The van der Waals surface area contributed by atoms with E-state index in [-0.39, 0.29) is 5.28 Å². The van der Waals surface area contributed by atoms with E-state index in [1.54, 1.807) is 6.20 Å². The minimum Gasteiger partial charge on any atom is -0.477 e. The maximum atomic E-state index is 5.61. The summed E-state index contributed by atoms with van der Waals surface area (Å²) in [5.41, 5.74) is 0. The van der Waals surface area contributed by atoms with Crippen LogP contribution in [0.5, 0.6) is 5.88 Å². The molecule has 72 valence electrons. The summed E-state index contributed by atoms with van der Waals surface area (Å²) < 4.78 is 6.11. The normalized spacial score (nSPS) is 10.1. The van der Waals surface area contributed by atoms with Crippen LogP contribution in [0.2, 0.25) is 5.28 Å². The van der Waals surface area contributed by atoms with Gasteiger partial charge in [-0.1, -0.05) is 13.3 Å². The molecule has 1 rings (SSSR count). The molecule has 1 heterocycles. The summed E-state index contributed by atoms with van der Waals surface area (Å²) in [4.78, 5) is 7.72. The lowest BCUT2D eigenvalue weighted by molar-refractivity contribution is 0.295. The maximum Gasteiger partial charge on any atom is 0.232 e. The molecule has 0 aliphatic rings. The quantitative estimate of drug-likeness (QED) is 0.620. The third kappa shape index (κ3) is 3.48. The van der Waals surface area contributed by atoms with Crippen molar-refractivity contribution in [3.63, 3.8) is 0 Å². The average Bonchev–Trinajstić information content (AvgIpc) is 2.11. The van der Waals surface area contributed by atoms with E-state index in [0.29, 0.717) is 12.5 Å². The van der Waals surface area contributed by atoms with Crippen molar-refractivity contribution in [3.05, 3.63) is 16.0 Å². The first-order chi connectivity index (χ1) is 6.24. The highest BCUT2D eigenvalue weighted by Crippen LogP contribution is 2.22. The predicted octanol–water partition coefficient (Wildman–Crippen LogP) is 3.07. The zero-order valence-corrected chi connectivity index (χ0v) is 9.60. The number of hydrogen-bond donors (Lipinski definition) is 0. The molecule has 1 aromatic rings. The van der Waals surface area contributed by atoms with Gasteiger partial charge >= 0.3 is 0 Å². The van der Waals surface area contributed by atoms with E-state index in [2.05, 4.69) is 32.8 Å². The van der Waals surface area contributed by atoms with Gasteiger partial charge in [0.15, 0.2) is 0 Å². The van der Waals surface area contributed by atoms with Crippen LogP contribution in [0.15, 0.2) is 10.7 Å². The third-order valence-electron chi connectivity index (χ3n) is 1.42. The van der Waals surface area contributed by atoms with Crippen LogP contribution in [-0.2, 0) is 0 Å². The molecule has 0 fully saturated rings. The lowest BCUT2D eigenvalue weighted by Crippen LogP contribution is -2.00. The van der Waals surface area contributed by atoms with Gasteiger partial charge in [0.1, 0.15) is 0 Å². The molecule has 1 aromatic heterocycles. The van der Waals surface area contributed by atoms with Crippen LogP contribution in [0.25, 0.3) is 0 Å². The number of ether oxygens (including phenoxy) is 1. The third-order valence-corrected chi connectivity index (χ3v) is 2.15. The second kappa shape index (κ2) is 5.40. The fourth-order valence-corrected chi connectivity index (χ4v) is 1.18. The first-order valence-corrected chi connectivity index (χ1v) is 5.22. The number of unbranched alkanes of at least 4 members (excludes halogenated alkanes) is 1. The van der Waals surface area contributed by atoms with Gasteiger partial charge in [0, 0.05) is 6.20 Å². The lowest BCUT2D eigenvalue weighted by Gasteiger charge is -2.05. The highest BCUT2D eigenvalue weighted by molar-refractivity contribution is 9.10. The minimum absolute atomic E-state index is 0.203. The van der Waals surface area contributed by atoms with E-state index < -0.39 is 0 Å². The van der Waals surface area contributed by atoms with E-state index in [1.165, 1.54) is 0 Å². The van der Waals surface area contributed by atoms with Gasteiger partial charge in [-0.3, -0.25) is 0 Å². The Hall–Kier alpha value is -0.350. The molecular weight excluding hydrogens is 255 g/mol. The molecule has 0 spiro atoms. The Morgan fingerprint density at radius 3 is 3.08 bits per heavy atom. The van der Waals surface area contributed by atoms with Crippen molar-refractivity contribution >= 4 is 27.5 Å². The van der Waals surface area contributed by atoms with Crippen molar-refractivity contribution in [2.45, 2.75) is 19.8 Å². The Kier molecular flexibility index (Phi) is 4.45. The van der Waals surface area contributed by atoms with Crippen LogP contribution in [0.4, 0.5) is 0 Å². The summed E-state index contributed by atoms with van der Waals surface area (Å²) in [5.74, 6) is 0.508. The van der Waals surface area contributed by atoms with Crippen LogP contribution in [-0.4, -0.2) is 16.6 Å². The molecule has 0 radical (unpaired) electrons. The lowest BCUT2D eigenvalue weighted by atomic mass is 10.4. The van der Waals surface area contributed by atoms with Gasteiger partial charge < -0.3 is 4.74 Å². The molecule has 0 bridgehead atoms. The van der Waals surface area contributed by atoms with Crippen LogP contribution in [0.3, 0.4) is 0 Å². The summed E-state index contributed by atoms with van der Waals surface area (Å²) in [5, 5.41) is 0.203. The molecule has 13 heavy (non-hydrogen) atoms. The summed E-state index contributed by atoms with van der Waals surface area (Å²) in [6.07, 6.45) is 3.68. The molecule has 0 aliphatic heterocycles. The molecule has 3 nitrogen and oxygen atoms in total. The smallest absolute Gasteiger partial charge is 0.232 e. The maximum absolute atomic E-state index is 5.61. The summed E-state index contributed by atoms with van der Waals surface area (Å²) >= 11 is 8.88. The molecule has 0 saturated carbocycles. The first kappa shape index (κ1) is 10.7. The fourth-order valence-electron chi connectivity index (χ4n) is 0.746. The SMILES string of the molecule is CCCCOc1nc(Cl)ncc1Br. The second-order valence-electron chi connectivity index (χ2n) is 2.49. The first-order valence-electron chi connectivity index (χ1n) is 4.05. The Bertz CT molecular complexity index is 283. The minimum atomic E-state index is 0.203. The van der Waals surface area contributed by atoms with Gasteiger partial charge in [-0.2, -0.15) is 4.98 Å². The second-order valence-corrected chi connectivity index (χ2v) is 3.69. The zero-order valence-electron chi connectivity index (χ0n) is 7.26. The monoisotopic (exact) mass is 264 g/mol. The largest absolute Gasteiger partial charge is 0.477 e. The van der Waals surface area contributed by atoms with Crippen molar-refractivity contribution in [2.24, 2.45) is 0 Å². The number of hydrogen-bond acceptors (Lipinski definition) is 3. The van der Waals surface area contributed by atoms with Crippen LogP contribution in [0.1, 0.15) is 19.8 Å². The Morgan fingerprint density at radius 2 is 2.38 bits per heavy atom. The van der Waals surface area contributed by atoms with Crippen molar-refractivity contribution in [3.8, 4) is 5.88 Å². The molecule has 0 aromatic carbocycles. The van der Waals surface area contributed by atoms with Gasteiger partial charge in [0.2, 0.25) is 11.2 Å². The van der Waals surface area contributed by atoms with E-state index in [9.17, 15) is 0 Å². The highest BCUT2D eigenvalue weighted by Gasteiger charge is 2.03. The molecule has 5 heteroatoms. The summed E-state index contributed by atoms with van der Waals surface area (Å²) in [7, 11) is 0. The zero-order chi connectivity index (χ0) is 9.68. The van der Waals surface area contributed by atoms with Crippen molar-refractivity contribution in [2.75, 3.05) is 6.61 Å². The van der Waals surface area contributed by atoms with E-state index in [4.69, 9.17) is 16.3 Å². The predicted molar refractivity (Wildman–Crippen MR) is 55.1 cm³/mol. The molecule has 0 amide bonds. The van der Waals surface area contributed by atoms with Gasteiger partial charge in [0.05, 0.1) is 11.1 Å². The number of nitrogens with zero attached hydrogens (tertiary/aromatic N) is 2. The molecule has 0 aliphatic carbocycles. The molecule has 0 atom stereocenters. The van der Waals surface area contributed by atoms with Crippen LogP contribution >= 0.6 is 27.5 Å². The number of halogens is 2. The number of aromatic nitrogens is 2. The number of rotatable bonds is 4. The van der Waals surface area contributed by atoms with Crippen molar-refractivity contribution in [1.29, 1.82) is 0 Å². The van der Waals surface area contributed by atoms with Gasteiger partial charge in [-0.15, -0.1) is 0 Å². The Labute approximate surface area is 90.6 Å². The standard InChI is InChI=1S/C8H10BrClN2O/c1-2-3-4-13-7-6(9)5-11-8(10)12-7/h5H,2-4H2,1H3. The van der Waals surface area contributed by atoms with E-state index >= 15 is 0 Å².